The molecule has 0 aromatic carbocycles. The second kappa shape index (κ2) is 4.73. The van der Waals surface area contributed by atoms with E-state index in [-0.39, 0.29) is 12.6 Å². The Morgan fingerprint density at radius 1 is 1.36 bits per heavy atom. The first-order valence-corrected chi connectivity index (χ1v) is 4.32. The van der Waals surface area contributed by atoms with Gasteiger partial charge < -0.3 is 10.8 Å². The van der Waals surface area contributed by atoms with Crippen LogP contribution in [0.5, 0.6) is 0 Å². The molecule has 1 atom stereocenters. The molecule has 68 valence electrons. The van der Waals surface area contributed by atoms with E-state index in [1.54, 1.807) is 0 Å². The molecule has 0 aliphatic rings. The van der Waals surface area contributed by atoms with Gasteiger partial charge in [0.05, 0.1) is 6.61 Å². The monoisotopic (exact) mass is 159 g/mol. The van der Waals surface area contributed by atoms with Gasteiger partial charge in [0.25, 0.3) is 0 Å². The molecule has 0 aromatic rings. The molecule has 11 heavy (non-hydrogen) atoms. The van der Waals surface area contributed by atoms with Crippen LogP contribution in [0.4, 0.5) is 0 Å². The molecule has 0 aliphatic carbocycles. The smallest absolute Gasteiger partial charge is 0.0582 e. The summed E-state index contributed by atoms with van der Waals surface area (Å²) in [5.41, 5.74) is 5.95. The molecular formula is C9H21NO. The van der Waals surface area contributed by atoms with Crippen molar-refractivity contribution in [2.75, 3.05) is 6.61 Å². The van der Waals surface area contributed by atoms with E-state index >= 15 is 0 Å². The molecule has 0 rings (SSSR count). The Bertz CT molecular complexity index is 96.2. The van der Waals surface area contributed by atoms with Crippen molar-refractivity contribution in [2.45, 2.75) is 46.1 Å². The van der Waals surface area contributed by atoms with E-state index in [9.17, 15) is 0 Å². The van der Waals surface area contributed by atoms with Gasteiger partial charge in [0, 0.05) is 6.04 Å². The maximum atomic E-state index is 8.64. The fourth-order valence-electron chi connectivity index (χ4n) is 0.986. The van der Waals surface area contributed by atoms with E-state index in [0.717, 1.165) is 12.8 Å². The largest absolute Gasteiger partial charge is 0.395 e. The molecule has 0 amide bonds. The molecule has 0 fully saturated rings. The predicted molar refractivity (Wildman–Crippen MR) is 48.4 cm³/mol. The molecule has 0 bridgehead atoms. The fraction of sp³-hybridized carbons (Fsp3) is 1.00. The topological polar surface area (TPSA) is 46.2 Å². The quantitative estimate of drug-likeness (QED) is 0.653. The van der Waals surface area contributed by atoms with Crippen LogP contribution in [-0.2, 0) is 0 Å². The Kier molecular flexibility index (Phi) is 4.69. The first-order valence-electron chi connectivity index (χ1n) is 4.32. The van der Waals surface area contributed by atoms with Gasteiger partial charge in [-0.3, -0.25) is 0 Å². The molecule has 2 nitrogen and oxygen atoms in total. The summed E-state index contributed by atoms with van der Waals surface area (Å²) < 4.78 is 0. The average molecular weight is 159 g/mol. The van der Waals surface area contributed by atoms with E-state index in [1.807, 2.05) is 0 Å². The summed E-state index contributed by atoms with van der Waals surface area (Å²) in [6.45, 7) is 6.77. The summed E-state index contributed by atoms with van der Waals surface area (Å²) in [6.07, 6.45) is 3.24. The highest BCUT2D eigenvalue weighted by Crippen LogP contribution is 2.21. The van der Waals surface area contributed by atoms with Crippen molar-refractivity contribution in [3.8, 4) is 0 Å². The van der Waals surface area contributed by atoms with Crippen molar-refractivity contribution in [3.63, 3.8) is 0 Å². The van der Waals surface area contributed by atoms with Crippen LogP contribution < -0.4 is 5.73 Å². The summed E-state index contributed by atoms with van der Waals surface area (Å²) in [5, 5.41) is 8.64. The number of hydrogen-bond donors (Lipinski definition) is 2. The van der Waals surface area contributed by atoms with Crippen LogP contribution in [-0.4, -0.2) is 17.8 Å². The van der Waals surface area contributed by atoms with Crippen LogP contribution in [0.3, 0.4) is 0 Å². The SMILES string of the molecule is CC(C)(C)CCCC(N)CO. The van der Waals surface area contributed by atoms with Crippen molar-refractivity contribution in [3.05, 3.63) is 0 Å². The van der Waals surface area contributed by atoms with Crippen molar-refractivity contribution in [1.82, 2.24) is 0 Å². The Morgan fingerprint density at radius 3 is 2.27 bits per heavy atom. The van der Waals surface area contributed by atoms with Crippen molar-refractivity contribution >= 4 is 0 Å². The zero-order valence-corrected chi connectivity index (χ0v) is 7.93. The summed E-state index contributed by atoms with van der Waals surface area (Å²) in [6, 6.07) is -0.0163. The molecule has 0 aromatic heterocycles. The summed E-state index contributed by atoms with van der Waals surface area (Å²) in [5.74, 6) is 0. The lowest BCUT2D eigenvalue weighted by Crippen LogP contribution is -2.24. The molecule has 0 aliphatic heterocycles. The Hall–Kier alpha value is -0.0800. The lowest BCUT2D eigenvalue weighted by atomic mass is 9.89. The van der Waals surface area contributed by atoms with E-state index in [4.69, 9.17) is 10.8 Å². The maximum absolute atomic E-state index is 8.64. The molecule has 0 radical (unpaired) electrons. The van der Waals surface area contributed by atoms with Crippen LogP contribution >= 0.6 is 0 Å². The summed E-state index contributed by atoms with van der Waals surface area (Å²) in [7, 11) is 0. The third kappa shape index (κ3) is 7.82. The minimum Gasteiger partial charge on any atom is -0.395 e. The van der Waals surface area contributed by atoms with Gasteiger partial charge in [-0.2, -0.15) is 0 Å². The van der Waals surface area contributed by atoms with Crippen molar-refractivity contribution < 1.29 is 5.11 Å². The first kappa shape index (κ1) is 10.9. The number of aliphatic hydroxyl groups excluding tert-OH is 1. The second-order valence-electron chi connectivity index (χ2n) is 4.40. The van der Waals surface area contributed by atoms with Gasteiger partial charge in [-0.15, -0.1) is 0 Å². The van der Waals surface area contributed by atoms with Crippen LogP contribution in [0.2, 0.25) is 0 Å². The van der Waals surface area contributed by atoms with E-state index < -0.39 is 0 Å². The maximum Gasteiger partial charge on any atom is 0.0582 e. The first-order chi connectivity index (χ1) is 4.95. The molecule has 0 heterocycles. The van der Waals surface area contributed by atoms with Crippen LogP contribution in [0.15, 0.2) is 0 Å². The highest BCUT2D eigenvalue weighted by atomic mass is 16.3. The third-order valence-corrected chi connectivity index (χ3v) is 1.74. The normalized spacial score (nSPS) is 15.0. The summed E-state index contributed by atoms with van der Waals surface area (Å²) >= 11 is 0. The molecule has 0 spiro atoms. The minimum atomic E-state index is -0.0163. The van der Waals surface area contributed by atoms with E-state index in [2.05, 4.69) is 20.8 Å². The average Bonchev–Trinajstić information content (AvgIpc) is 1.85. The highest BCUT2D eigenvalue weighted by Gasteiger charge is 2.10. The van der Waals surface area contributed by atoms with Crippen molar-refractivity contribution in [2.24, 2.45) is 11.1 Å². The highest BCUT2D eigenvalue weighted by molar-refractivity contribution is 4.65. The van der Waals surface area contributed by atoms with Crippen LogP contribution in [0, 0.1) is 5.41 Å². The van der Waals surface area contributed by atoms with Gasteiger partial charge in [0.1, 0.15) is 0 Å². The third-order valence-electron chi connectivity index (χ3n) is 1.74. The fourth-order valence-corrected chi connectivity index (χ4v) is 0.986. The van der Waals surface area contributed by atoms with Gasteiger partial charge >= 0.3 is 0 Å². The molecule has 1 unspecified atom stereocenters. The molecule has 0 saturated carbocycles. The zero-order valence-electron chi connectivity index (χ0n) is 7.93. The second-order valence-corrected chi connectivity index (χ2v) is 4.40. The molecule has 0 saturated heterocycles. The van der Waals surface area contributed by atoms with Gasteiger partial charge in [-0.05, 0) is 18.3 Å². The number of rotatable bonds is 4. The summed E-state index contributed by atoms with van der Waals surface area (Å²) in [4.78, 5) is 0. The van der Waals surface area contributed by atoms with E-state index in [1.165, 1.54) is 6.42 Å². The van der Waals surface area contributed by atoms with Crippen molar-refractivity contribution in [1.29, 1.82) is 0 Å². The molecular weight excluding hydrogens is 138 g/mol. The minimum absolute atomic E-state index is 0.0163. The Morgan fingerprint density at radius 2 is 1.91 bits per heavy atom. The number of hydrogen-bond acceptors (Lipinski definition) is 2. The molecule has 2 heteroatoms. The molecule has 3 N–H and O–H groups in total. The standard InChI is InChI=1S/C9H21NO/c1-9(2,3)6-4-5-8(10)7-11/h8,11H,4-7,10H2,1-3H3. The number of aliphatic hydroxyl groups is 1. The Labute approximate surface area is 69.8 Å². The van der Waals surface area contributed by atoms with Gasteiger partial charge in [-0.1, -0.05) is 27.2 Å². The number of nitrogens with two attached hydrogens (primary N) is 1. The predicted octanol–water partition coefficient (Wildman–Crippen LogP) is 1.52. The van der Waals surface area contributed by atoms with Gasteiger partial charge in [0.2, 0.25) is 0 Å². The lowest BCUT2D eigenvalue weighted by Gasteiger charge is -2.18. The Balaban J connectivity index is 3.28. The van der Waals surface area contributed by atoms with Gasteiger partial charge in [0.15, 0.2) is 0 Å². The van der Waals surface area contributed by atoms with Gasteiger partial charge in [-0.25, -0.2) is 0 Å². The zero-order chi connectivity index (χ0) is 8.91. The van der Waals surface area contributed by atoms with E-state index in [0.29, 0.717) is 5.41 Å². The van der Waals surface area contributed by atoms with Crippen LogP contribution in [0.1, 0.15) is 40.0 Å². The lowest BCUT2D eigenvalue weighted by molar-refractivity contribution is 0.251. The van der Waals surface area contributed by atoms with Crippen LogP contribution in [0.25, 0.3) is 0 Å².